The van der Waals surface area contributed by atoms with E-state index in [1.807, 2.05) is 53.8 Å². The smallest absolute Gasteiger partial charge is 0.179 e. The minimum Gasteiger partial charge on any atom is -0.491 e. The summed E-state index contributed by atoms with van der Waals surface area (Å²) in [4.78, 5) is 31.9. The first-order valence-electron chi connectivity index (χ1n) is 20.4. The van der Waals surface area contributed by atoms with Gasteiger partial charge in [-0.05, 0) is 81.6 Å². The van der Waals surface area contributed by atoms with Crippen molar-refractivity contribution in [2.45, 2.75) is 73.6 Å². The molecule has 310 valence electrons. The van der Waals surface area contributed by atoms with Gasteiger partial charge in [0.2, 0.25) is 0 Å². The van der Waals surface area contributed by atoms with Crippen molar-refractivity contribution in [1.82, 2.24) is 38.7 Å². The molecule has 0 aliphatic carbocycles. The number of aryl methyl sites for hydroxylation is 5. The van der Waals surface area contributed by atoms with Gasteiger partial charge in [0.15, 0.2) is 5.82 Å². The van der Waals surface area contributed by atoms with E-state index in [4.69, 9.17) is 30.2 Å². The van der Waals surface area contributed by atoms with Crippen molar-refractivity contribution < 1.29 is 14.3 Å². The van der Waals surface area contributed by atoms with Gasteiger partial charge in [-0.25, -0.2) is 15.0 Å². The number of allylic oxidation sites excluding steroid dienone is 2. The Balaban J connectivity index is 1.38. The average Bonchev–Trinajstić information content (AvgIpc) is 3.99. The summed E-state index contributed by atoms with van der Waals surface area (Å²) in [7, 11) is 3.40. The number of carbonyl (C=O) groups is 1. The summed E-state index contributed by atoms with van der Waals surface area (Å²) in [6, 6.07) is 11.9. The van der Waals surface area contributed by atoms with E-state index in [9.17, 15) is 4.79 Å². The molecule has 0 amide bonds. The number of aliphatic imine (C=N–C) groups is 2. The number of hydrogen-bond acceptors (Lipinski definition) is 10. The zero-order valence-electron chi connectivity index (χ0n) is 35.6. The summed E-state index contributed by atoms with van der Waals surface area (Å²) < 4.78 is 19.9. The molecule has 60 heavy (non-hydrogen) atoms. The predicted molar refractivity (Wildman–Crippen MR) is 241 cm³/mol. The Morgan fingerprint density at radius 1 is 0.883 bits per heavy atom. The molecule has 14 nitrogen and oxygen atoms in total. The van der Waals surface area contributed by atoms with Crippen LogP contribution in [0.4, 0.5) is 5.82 Å². The molecule has 0 aliphatic heterocycles. The third kappa shape index (κ3) is 8.02. The molecule has 7 rings (SSSR count). The molecule has 5 heterocycles. The minimum absolute atomic E-state index is 0.409. The Bertz CT molecular complexity index is 2810. The number of rotatable bonds is 18. The summed E-state index contributed by atoms with van der Waals surface area (Å²) in [5, 5.41) is 12.0. The zero-order chi connectivity index (χ0) is 42.5. The molecule has 0 unspecified atom stereocenters. The second kappa shape index (κ2) is 18.1. The Morgan fingerprint density at radius 2 is 1.63 bits per heavy atom. The lowest BCUT2D eigenvalue weighted by Gasteiger charge is -2.12. The molecule has 7 aromatic rings. The number of aromatic nitrogens is 8. The molecule has 0 radical (unpaired) electrons. The number of aldehydes is 1. The van der Waals surface area contributed by atoms with E-state index in [2.05, 4.69) is 76.0 Å². The van der Waals surface area contributed by atoms with E-state index in [0.29, 0.717) is 74.5 Å². The Morgan fingerprint density at radius 3 is 2.33 bits per heavy atom. The fourth-order valence-corrected chi connectivity index (χ4v) is 7.85. The normalized spacial score (nSPS) is 12.2. The van der Waals surface area contributed by atoms with Gasteiger partial charge in [-0.15, -0.1) is 0 Å². The van der Waals surface area contributed by atoms with Crippen molar-refractivity contribution in [3.8, 4) is 17.3 Å². The monoisotopic (exact) mass is 807 g/mol. The van der Waals surface area contributed by atoms with Crippen LogP contribution in [0.3, 0.4) is 0 Å². The second-order valence-electron chi connectivity index (χ2n) is 14.7. The zero-order valence-corrected chi connectivity index (χ0v) is 35.6. The summed E-state index contributed by atoms with van der Waals surface area (Å²) >= 11 is 0. The largest absolute Gasteiger partial charge is 0.491 e. The number of methoxy groups -OCH3 is 1. The van der Waals surface area contributed by atoms with Crippen molar-refractivity contribution in [3.05, 3.63) is 101 Å². The summed E-state index contributed by atoms with van der Waals surface area (Å²) in [5.41, 5.74) is 16.3. The van der Waals surface area contributed by atoms with Crippen molar-refractivity contribution in [2.24, 2.45) is 15.7 Å². The maximum absolute atomic E-state index is 12.3. The summed E-state index contributed by atoms with van der Waals surface area (Å²) in [6.45, 7) is 17.6. The van der Waals surface area contributed by atoms with Gasteiger partial charge in [0.25, 0.3) is 0 Å². The topological polar surface area (TPSA) is 158 Å². The second-order valence-corrected chi connectivity index (χ2v) is 14.7. The van der Waals surface area contributed by atoms with Crippen LogP contribution in [0.2, 0.25) is 0 Å². The van der Waals surface area contributed by atoms with Gasteiger partial charge in [-0.2, -0.15) is 10.2 Å². The maximum atomic E-state index is 12.3. The van der Waals surface area contributed by atoms with Gasteiger partial charge in [0, 0.05) is 98.8 Å². The van der Waals surface area contributed by atoms with Crippen LogP contribution >= 0.6 is 0 Å². The van der Waals surface area contributed by atoms with Crippen LogP contribution < -0.4 is 10.5 Å². The van der Waals surface area contributed by atoms with Gasteiger partial charge >= 0.3 is 0 Å². The summed E-state index contributed by atoms with van der Waals surface area (Å²) in [6.07, 6.45) is 12.1. The van der Waals surface area contributed by atoms with E-state index >= 15 is 0 Å². The lowest BCUT2D eigenvalue weighted by Crippen LogP contribution is -2.05. The molecule has 0 fully saturated rings. The SMILES string of the molecule is C=C(N)c1cc(CC)c2c(c1)c1cnc(-c3cc(C)nn3CC)nc1n2C/C=C/Cn1c(/N=C/c2cc(C)nn2CC)c(/C=N\C)c2cc(C=O)cc(OCCCOC)c21. The van der Waals surface area contributed by atoms with E-state index < -0.39 is 0 Å². The fourth-order valence-electron chi connectivity index (χ4n) is 7.85. The van der Waals surface area contributed by atoms with E-state index in [0.717, 1.165) is 85.0 Å². The van der Waals surface area contributed by atoms with Crippen LogP contribution in [0, 0.1) is 13.8 Å². The molecule has 2 N–H and O–H groups in total. The molecule has 0 bridgehead atoms. The first-order valence-corrected chi connectivity index (χ1v) is 20.4. The molecule has 0 saturated carbocycles. The highest BCUT2D eigenvalue weighted by molar-refractivity contribution is 6.10. The Kier molecular flexibility index (Phi) is 12.5. The molecule has 5 aromatic heterocycles. The van der Waals surface area contributed by atoms with Crippen LogP contribution in [0.1, 0.15) is 71.3 Å². The van der Waals surface area contributed by atoms with Crippen LogP contribution in [0.5, 0.6) is 5.75 Å². The third-order valence-corrected chi connectivity index (χ3v) is 10.5. The van der Waals surface area contributed by atoms with Gasteiger partial charge in [0.1, 0.15) is 29.2 Å². The number of nitrogens with two attached hydrogens (primary N) is 1. The Hall–Kier alpha value is -6.67. The maximum Gasteiger partial charge on any atom is 0.179 e. The average molecular weight is 808 g/mol. The van der Waals surface area contributed by atoms with E-state index in [-0.39, 0.29) is 0 Å². The molecular formula is C46H53N11O3. The minimum atomic E-state index is 0.409. The molecule has 2 aromatic carbocycles. The molecule has 14 heteroatoms. The summed E-state index contributed by atoms with van der Waals surface area (Å²) in [5.74, 6) is 1.86. The number of benzene rings is 2. The van der Waals surface area contributed by atoms with Crippen LogP contribution in [0.15, 0.2) is 71.3 Å². The number of carbonyl (C=O) groups excluding carboxylic acids is 1. The lowest BCUT2D eigenvalue weighted by molar-refractivity contribution is 0.112. The standard InChI is InChI=1S/C46H53N11O3/c1-9-33-23-34(31(6)47)24-37-39-27-49-44(40-20-30(5)53-57(40)11-3)51-46(39)54(42(33)37)15-12-13-16-55-43-36(21-32(28-58)22-41(43)60-18-14-17-59-8)38(26-48-7)45(55)50-25-35-19-29(4)52-56(35)10-2/h12-13,19-28H,6,9-11,14-18,47H2,1-5,7-8H3/b13-12+,48-26-,50-25+. The van der Waals surface area contributed by atoms with Crippen molar-refractivity contribution >= 4 is 63.1 Å². The van der Waals surface area contributed by atoms with Gasteiger partial charge in [-0.3, -0.25) is 19.2 Å². The van der Waals surface area contributed by atoms with Gasteiger partial charge in [-0.1, -0.05) is 25.7 Å². The molecule has 0 aliphatic rings. The number of hydrogen-bond donors (Lipinski definition) is 1. The molecule has 0 atom stereocenters. The number of fused-ring (bicyclic) bond motifs is 4. The fraction of sp³-hybridized carbons (Fsp3) is 0.326. The van der Waals surface area contributed by atoms with E-state index in [1.54, 1.807) is 26.4 Å². The highest BCUT2D eigenvalue weighted by Crippen LogP contribution is 2.39. The first kappa shape index (κ1) is 41.5. The van der Waals surface area contributed by atoms with Gasteiger partial charge in [0.05, 0.1) is 40.9 Å². The predicted octanol–water partition coefficient (Wildman–Crippen LogP) is 8.03. The van der Waals surface area contributed by atoms with Crippen LogP contribution in [-0.4, -0.2) is 84.7 Å². The number of ether oxygens (including phenoxy) is 2. The third-order valence-electron chi connectivity index (χ3n) is 10.5. The molecule has 0 saturated heterocycles. The van der Waals surface area contributed by atoms with Crippen molar-refractivity contribution in [3.63, 3.8) is 0 Å². The van der Waals surface area contributed by atoms with Crippen LogP contribution in [-0.2, 0) is 37.3 Å². The van der Waals surface area contributed by atoms with Crippen LogP contribution in [0.25, 0.3) is 50.1 Å². The van der Waals surface area contributed by atoms with Gasteiger partial charge < -0.3 is 24.3 Å². The van der Waals surface area contributed by atoms with E-state index in [1.165, 1.54) is 0 Å². The number of nitrogens with zero attached hydrogens (tertiary/aromatic N) is 10. The highest BCUT2D eigenvalue weighted by atomic mass is 16.5. The van der Waals surface area contributed by atoms with Crippen molar-refractivity contribution in [2.75, 3.05) is 27.4 Å². The van der Waals surface area contributed by atoms with Crippen molar-refractivity contribution in [1.29, 1.82) is 0 Å². The Labute approximate surface area is 349 Å². The quantitative estimate of drug-likeness (QED) is 0.0395. The highest BCUT2D eigenvalue weighted by Gasteiger charge is 2.22. The molecular weight excluding hydrogens is 755 g/mol. The lowest BCUT2D eigenvalue weighted by atomic mass is 10.0. The molecule has 0 spiro atoms. The first-order chi connectivity index (χ1) is 29.1.